The van der Waals surface area contributed by atoms with Crippen molar-refractivity contribution in [2.75, 3.05) is 23.3 Å². The van der Waals surface area contributed by atoms with Gasteiger partial charge >= 0.3 is 0 Å². The zero-order valence-corrected chi connectivity index (χ0v) is 16.1. The molecule has 7 nitrogen and oxygen atoms in total. The van der Waals surface area contributed by atoms with Gasteiger partial charge in [-0.2, -0.15) is 0 Å². The first-order chi connectivity index (χ1) is 14.7. The van der Waals surface area contributed by atoms with Crippen molar-refractivity contribution in [3.05, 3.63) is 72.6 Å². The molecule has 0 saturated carbocycles. The fourth-order valence-corrected chi connectivity index (χ4v) is 3.69. The molecule has 1 amide bonds. The van der Waals surface area contributed by atoms with Crippen LogP contribution in [0, 0.1) is 5.82 Å². The second kappa shape index (κ2) is 7.55. The number of carbonyl (C=O) groups is 1. The van der Waals surface area contributed by atoms with E-state index in [1.165, 1.54) is 18.5 Å². The maximum Gasteiger partial charge on any atom is 0.275 e. The summed E-state index contributed by atoms with van der Waals surface area (Å²) in [5, 5.41) is 2.94. The zero-order chi connectivity index (χ0) is 20.5. The van der Waals surface area contributed by atoms with Gasteiger partial charge in [-0.25, -0.2) is 19.3 Å². The maximum atomic E-state index is 13.4. The number of anilines is 2. The third-order valence-electron chi connectivity index (χ3n) is 5.19. The van der Waals surface area contributed by atoms with Crippen LogP contribution in [0.15, 0.2) is 61.1 Å². The third-order valence-corrected chi connectivity index (χ3v) is 5.19. The Labute approximate surface area is 172 Å². The number of benzene rings is 1. The number of fused-ring (bicyclic) bond motifs is 1. The van der Waals surface area contributed by atoms with Crippen LogP contribution in [0.3, 0.4) is 0 Å². The topological polar surface area (TPSA) is 75.4 Å². The minimum absolute atomic E-state index is 0.280. The van der Waals surface area contributed by atoms with E-state index in [1.807, 2.05) is 24.4 Å². The zero-order valence-electron chi connectivity index (χ0n) is 16.1. The van der Waals surface area contributed by atoms with Gasteiger partial charge in [0.1, 0.15) is 40.8 Å². The number of amides is 1. The van der Waals surface area contributed by atoms with Crippen molar-refractivity contribution in [3.63, 3.8) is 0 Å². The lowest BCUT2D eigenvalue weighted by atomic mass is 10.1. The summed E-state index contributed by atoms with van der Waals surface area (Å²) in [6.45, 7) is 1.86. The second-order valence-electron chi connectivity index (χ2n) is 7.15. The largest absolute Gasteiger partial charge is 0.357 e. The first-order valence-electron chi connectivity index (χ1n) is 9.80. The van der Waals surface area contributed by atoms with Crippen molar-refractivity contribution < 1.29 is 9.18 Å². The normalized spacial score (nSPS) is 13.7. The molecule has 5 rings (SSSR count). The van der Waals surface area contributed by atoms with Crippen molar-refractivity contribution in [2.45, 2.75) is 12.8 Å². The molecule has 4 aromatic rings. The van der Waals surface area contributed by atoms with E-state index in [9.17, 15) is 9.18 Å². The first-order valence-corrected chi connectivity index (χ1v) is 9.80. The molecule has 0 bridgehead atoms. The van der Waals surface area contributed by atoms with Gasteiger partial charge in [0.25, 0.3) is 5.91 Å². The number of nitrogens with zero attached hydrogens (tertiary/aromatic N) is 5. The minimum Gasteiger partial charge on any atom is -0.357 e. The van der Waals surface area contributed by atoms with E-state index < -0.39 is 0 Å². The van der Waals surface area contributed by atoms with Crippen molar-refractivity contribution in [3.8, 4) is 11.3 Å². The predicted octanol–water partition coefficient (Wildman–Crippen LogP) is 3.78. The van der Waals surface area contributed by atoms with Crippen LogP contribution < -0.4 is 10.2 Å². The molecular weight excluding hydrogens is 383 g/mol. The highest BCUT2D eigenvalue weighted by Crippen LogP contribution is 2.29. The number of carbonyl (C=O) groups excluding carboxylic acids is 1. The summed E-state index contributed by atoms with van der Waals surface area (Å²) in [5.74, 6) is 0.573. The van der Waals surface area contributed by atoms with Gasteiger partial charge in [0.15, 0.2) is 0 Å². The molecular formula is C22H19FN6O. The molecule has 1 fully saturated rings. The lowest BCUT2D eigenvalue weighted by Gasteiger charge is -2.16. The molecule has 1 N–H and O–H groups in total. The van der Waals surface area contributed by atoms with Gasteiger partial charge in [0.05, 0.1) is 0 Å². The number of hydrogen-bond acceptors (Lipinski definition) is 5. The molecule has 30 heavy (non-hydrogen) atoms. The van der Waals surface area contributed by atoms with Crippen molar-refractivity contribution in [2.24, 2.45) is 0 Å². The molecule has 1 aromatic carbocycles. The Morgan fingerprint density at radius 3 is 2.63 bits per heavy atom. The fourth-order valence-electron chi connectivity index (χ4n) is 3.69. The van der Waals surface area contributed by atoms with Crippen LogP contribution in [-0.4, -0.2) is 38.3 Å². The molecule has 1 aliphatic rings. The molecule has 8 heteroatoms. The Kier molecular flexibility index (Phi) is 4.59. The Morgan fingerprint density at radius 1 is 1.03 bits per heavy atom. The highest BCUT2D eigenvalue weighted by Gasteiger charge is 2.20. The molecule has 3 aromatic heterocycles. The smallest absolute Gasteiger partial charge is 0.275 e. The molecule has 0 aliphatic carbocycles. The van der Waals surface area contributed by atoms with Gasteiger partial charge in [0.2, 0.25) is 0 Å². The van der Waals surface area contributed by atoms with Crippen LogP contribution in [0.2, 0.25) is 0 Å². The standard InChI is InChI=1S/C22H19FN6O/c23-16-8-6-15(7-9-16)20-21(29-12-2-1-5-18(29)26-20)27-22(30)17-13-19(25-14-24-17)28-10-3-4-11-28/h1-2,5-9,12-14H,3-4,10-11H2,(H,27,30). The molecule has 0 spiro atoms. The third kappa shape index (κ3) is 3.36. The molecule has 0 unspecified atom stereocenters. The average molecular weight is 402 g/mol. The number of rotatable bonds is 4. The summed E-state index contributed by atoms with van der Waals surface area (Å²) in [7, 11) is 0. The van der Waals surface area contributed by atoms with Crippen LogP contribution >= 0.6 is 0 Å². The van der Waals surface area contributed by atoms with Crippen LogP contribution in [-0.2, 0) is 0 Å². The Balaban J connectivity index is 1.52. The summed E-state index contributed by atoms with van der Waals surface area (Å²) in [5.41, 5.74) is 2.22. The number of hydrogen-bond donors (Lipinski definition) is 1. The van der Waals surface area contributed by atoms with E-state index in [1.54, 1.807) is 22.6 Å². The molecule has 0 atom stereocenters. The molecule has 0 radical (unpaired) electrons. The summed E-state index contributed by atoms with van der Waals surface area (Å²) in [6.07, 6.45) is 5.47. The SMILES string of the molecule is O=C(Nc1c(-c2ccc(F)cc2)nc2ccccn12)c1cc(N2CCCC2)ncn1. The van der Waals surface area contributed by atoms with E-state index in [0.717, 1.165) is 31.7 Å². The highest BCUT2D eigenvalue weighted by atomic mass is 19.1. The summed E-state index contributed by atoms with van der Waals surface area (Å²) < 4.78 is 15.2. The average Bonchev–Trinajstić information content (AvgIpc) is 3.43. The van der Waals surface area contributed by atoms with Gasteiger partial charge in [0, 0.05) is 30.9 Å². The lowest BCUT2D eigenvalue weighted by molar-refractivity contribution is 0.102. The van der Waals surface area contributed by atoms with Crippen LogP contribution in [0.1, 0.15) is 23.3 Å². The van der Waals surface area contributed by atoms with Crippen molar-refractivity contribution >= 4 is 23.2 Å². The first kappa shape index (κ1) is 18.2. The number of halogens is 1. The van der Waals surface area contributed by atoms with Crippen molar-refractivity contribution in [1.29, 1.82) is 0 Å². The monoisotopic (exact) mass is 402 g/mol. The predicted molar refractivity (Wildman–Crippen MR) is 112 cm³/mol. The number of aromatic nitrogens is 4. The molecule has 1 aliphatic heterocycles. The maximum absolute atomic E-state index is 13.4. The van der Waals surface area contributed by atoms with E-state index in [4.69, 9.17) is 0 Å². The Bertz CT molecular complexity index is 1210. The van der Waals surface area contributed by atoms with Crippen molar-refractivity contribution in [1.82, 2.24) is 19.4 Å². The van der Waals surface area contributed by atoms with E-state index in [-0.39, 0.29) is 17.4 Å². The highest BCUT2D eigenvalue weighted by molar-refractivity contribution is 6.04. The van der Waals surface area contributed by atoms with Gasteiger partial charge in [-0.05, 0) is 49.2 Å². The molecule has 1 saturated heterocycles. The van der Waals surface area contributed by atoms with Crippen LogP contribution in [0.5, 0.6) is 0 Å². The lowest BCUT2D eigenvalue weighted by Crippen LogP contribution is -2.21. The Morgan fingerprint density at radius 2 is 1.83 bits per heavy atom. The van der Waals surface area contributed by atoms with E-state index >= 15 is 0 Å². The summed E-state index contributed by atoms with van der Waals surface area (Å²) in [4.78, 5) is 28.3. The minimum atomic E-state index is -0.355. The fraction of sp³-hybridized carbons (Fsp3) is 0.182. The van der Waals surface area contributed by atoms with Gasteiger partial charge in [-0.15, -0.1) is 0 Å². The Hall–Kier alpha value is -3.81. The number of pyridine rings is 1. The van der Waals surface area contributed by atoms with Crippen LogP contribution in [0.4, 0.5) is 16.0 Å². The summed E-state index contributed by atoms with van der Waals surface area (Å²) >= 11 is 0. The number of imidazole rings is 1. The number of nitrogens with one attached hydrogen (secondary N) is 1. The van der Waals surface area contributed by atoms with E-state index in [2.05, 4.69) is 25.2 Å². The van der Waals surface area contributed by atoms with Crippen LogP contribution in [0.25, 0.3) is 16.9 Å². The van der Waals surface area contributed by atoms with Gasteiger partial charge in [-0.3, -0.25) is 9.20 Å². The quantitative estimate of drug-likeness (QED) is 0.562. The van der Waals surface area contributed by atoms with E-state index in [0.29, 0.717) is 22.7 Å². The van der Waals surface area contributed by atoms with Gasteiger partial charge < -0.3 is 10.2 Å². The molecule has 150 valence electrons. The molecule has 4 heterocycles. The van der Waals surface area contributed by atoms with Gasteiger partial charge in [-0.1, -0.05) is 6.07 Å². The second-order valence-corrected chi connectivity index (χ2v) is 7.15. The summed E-state index contributed by atoms with van der Waals surface area (Å²) in [6, 6.07) is 13.3.